The molecule has 1 aliphatic heterocycles. The highest BCUT2D eigenvalue weighted by atomic mass is 16.3. The van der Waals surface area contributed by atoms with Gasteiger partial charge in [-0.1, -0.05) is 0 Å². The Bertz CT molecular complexity index is 106. The molecule has 66 valence electrons. The van der Waals surface area contributed by atoms with Gasteiger partial charge in [-0.2, -0.15) is 0 Å². The molecule has 1 unspecified atom stereocenters. The molecule has 0 aliphatic carbocycles. The van der Waals surface area contributed by atoms with Gasteiger partial charge in [-0.05, 0) is 26.4 Å². The van der Waals surface area contributed by atoms with Gasteiger partial charge in [-0.25, -0.2) is 0 Å². The summed E-state index contributed by atoms with van der Waals surface area (Å²) in [6, 6.07) is 0.635. The van der Waals surface area contributed by atoms with Crippen LogP contribution in [-0.4, -0.2) is 49.3 Å². The molecule has 0 aromatic rings. The number of likely N-dealkylation sites (tertiary alicyclic amines) is 1. The van der Waals surface area contributed by atoms with Gasteiger partial charge in [0.05, 0.1) is 6.61 Å². The zero-order valence-electron chi connectivity index (χ0n) is 7.21. The first-order valence-electron chi connectivity index (χ1n) is 4.37. The molecule has 0 spiro atoms. The third kappa shape index (κ3) is 2.77. The maximum absolute atomic E-state index is 8.72. The van der Waals surface area contributed by atoms with Crippen LogP contribution in [0.1, 0.15) is 12.8 Å². The second-order valence-electron chi connectivity index (χ2n) is 3.15. The fraction of sp³-hybridized carbons (Fsp3) is 1.00. The van der Waals surface area contributed by atoms with E-state index in [-0.39, 0.29) is 6.61 Å². The third-order valence-electron chi connectivity index (χ3n) is 2.33. The van der Waals surface area contributed by atoms with Gasteiger partial charge in [0.25, 0.3) is 0 Å². The van der Waals surface area contributed by atoms with Gasteiger partial charge in [0, 0.05) is 19.1 Å². The van der Waals surface area contributed by atoms with Gasteiger partial charge < -0.3 is 10.4 Å². The summed E-state index contributed by atoms with van der Waals surface area (Å²) in [4.78, 5) is 2.31. The van der Waals surface area contributed by atoms with Crippen molar-refractivity contribution in [1.29, 1.82) is 0 Å². The molecule has 0 amide bonds. The Morgan fingerprint density at radius 2 is 2.45 bits per heavy atom. The minimum Gasteiger partial charge on any atom is -0.395 e. The number of nitrogens with one attached hydrogen (secondary N) is 1. The van der Waals surface area contributed by atoms with Crippen molar-refractivity contribution in [3.63, 3.8) is 0 Å². The quantitative estimate of drug-likeness (QED) is 0.590. The highest BCUT2D eigenvalue weighted by Crippen LogP contribution is 2.08. The van der Waals surface area contributed by atoms with Crippen LogP contribution in [-0.2, 0) is 0 Å². The van der Waals surface area contributed by atoms with Crippen molar-refractivity contribution in [2.75, 3.05) is 33.3 Å². The van der Waals surface area contributed by atoms with Crippen molar-refractivity contribution >= 4 is 0 Å². The Morgan fingerprint density at radius 1 is 1.64 bits per heavy atom. The van der Waals surface area contributed by atoms with Crippen molar-refractivity contribution in [1.82, 2.24) is 10.2 Å². The summed E-state index contributed by atoms with van der Waals surface area (Å²) in [6.07, 6.45) is 2.53. The molecule has 0 aromatic carbocycles. The number of hydrogen-bond donors (Lipinski definition) is 2. The smallest absolute Gasteiger partial charge is 0.0558 e. The summed E-state index contributed by atoms with van der Waals surface area (Å²) >= 11 is 0. The van der Waals surface area contributed by atoms with Gasteiger partial charge in [0.15, 0.2) is 0 Å². The first-order chi connectivity index (χ1) is 5.36. The summed E-state index contributed by atoms with van der Waals surface area (Å²) < 4.78 is 0. The van der Waals surface area contributed by atoms with E-state index in [2.05, 4.69) is 10.2 Å². The van der Waals surface area contributed by atoms with E-state index in [4.69, 9.17) is 5.11 Å². The molecule has 0 radical (unpaired) electrons. The molecule has 1 rings (SSSR count). The van der Waals surface area contributed by atoms with Crippen molar-refractivity contribution in [3.8, 4) is 0 Å². The van der Waals surface area contributed by atoms with Crippen LogP contribution in [0.2, 0.25) is 0 Å². The highest BCUT2D eigenvalue weighted by Gasteiger charge is 2.16. The van der Waals surface area contributed by atoms with Crippen LogP contribution in [0.4, 0.5) is 0 Å². The van der Waals surface area contributed by atoms with Gasteiger partial charge in [-0.3, -0.25) is 4.90 Å². The molecule has 1 fully saturated rings. The van der Waals surface area contributed by atoms with Crippen LogP contribution in [0.3, 0.4) is 0 Å². The highest BCUT2D eigenvalue weighted by molar-refractivity contribution is 4.76. The van der Waals surface area contributed by atoms with Crippen molar-refractivity contribution in [2.24, 2.45) is 0 Å². The number of β-amino-alcohol motifs (C(OH)–C–C–N with tert-alkyl or cyclic N) is 1. The van der Waals surface area contributed by atoms with Crippen LogP contribution in [0, 0.1) is 0 Å². The summed E-state index contributed by atoms with van der Waals surface area (Å²) in [6.45, 7) is 3.37. The predicted octanol–water partition coefficient (Wildman–Crippen LogP) is -0.338. The lowest BCUT2D eigenvalue weighted by atomic mass is 10.1. The summed E-state index contributed by atoms with van der Waals surface area (Å²) in [5.41, 5.74) is 0. The largest absolute Gasteiger partial charge is 0.395 e. The molecule has 1 atom stereocenters. The fourth-order valence-electron chi connectivity index (χ4n) is 1.64. The molecular formula is C8H18N2O. The molecule has 2 N–H and O–H groups in total. The number of aliphatic hydroxyl groups excluding tert-OH is 1. The maximum atomic E-state index is 8.72. The lowest BCUT2D eigenvalue weighted by Crippen LogP contribution is -2.45. The van der Waals surface area contributed by atoms with E-state index in [1.807, 2.05) is 7.05 Å². The topological polar surface area (TPSA) is 35.5 Å². The molecular weight excluding hydrogens is 140 g/mol. The minimum absolute atomic E-state index is 0.288. The SMILES string of the molecule is CNC1CCCN(CCO)C1. The fourth-order valence-corrected chi connectivity index (χ4v) is 1.64. The number of piperidine rings is 1. The van der Waals surface area contributed by atoms with E-state index in [0.717, 1.165) is 19.6 Å². The van der Waals surface area contributed by atoms with Crippen LogP contribution in [0.15, 0.2) is 0 Å². The predicted molar refractivity (Wildman–Crippen MR) is 45.6 cm³/mol. The molecule has 1 aliphatic rings. The van der Waals surface area contributed by atoms with Crippen LogP contribution in [0.25, 0.3) is 0 Å². The second kappa shape index (κ2) is 4.70. The van der Waals surface area contributed by atoms with Crippen LogP contribution < -0.4 is 5.32 Å². The zero-order valence-corrected chi connectivity index (χ0v) is 7.21. The molecule has 1 heterocycles. The van der Waals surface area contributed by atoms with E-state index in [1.54, 1.807) is 0 Å². The first kappa shape index (κ1) is 8.97. The Kier molecular flexibility index (Phi) is 3.83. The Labute approximate surface area is 68.4 Å². The second-order valence-corrected chi connectivity index (χ2v) is 3.15. The molecule has 11 heavy (non-hydrogen) atoms. The number of nitrogens with zero attached hydrogens (tertiary/aromatic N) is 1. The van der Waals surface area contributed by atoms with Crippen LogP contribution in [0.5, 0.6) is 0 Å². The Hall–Kier alpha value is -0.120. The van der Waals surface area contributed by atoms with Crippen molar-refractivity contribution in [3.05, 3.63) is 0 Å². The number of likely N-dealkylation sites (N-methyl/N-ethyl adjacent to an activating group) is 1. The summed E-state index contributed by atoms with van der Waals surface area (Å²) in [7, 11) is 2.01. The van der Waals surface area contributed by atoms with Gasteiger partial charge in [0.1, 0.15) is 0 Å². The normalized spacial score (nSPS) is 27.3. The number of rotatable bonds is 3. The van der Waals surface area contributed by atoms with E-state index >= 15 is 0 Å². The molecule has 3 nitrogen and oxygen atoms in total. The third-order valence-corrected chi connectivity index (χ3v) is 2.33. The number of hydrogen-bond acceptors (Lipinski definition) is 3. The maximum Gasteiger partial charge on any atom is 0.0558 e. The minimum atomic E-state index is 0.288. The van der Waals surface area contributed by atoms with Crippen molar-refractivity contribution < 1.29 is 5.11 Å². The summed E-state index contributed by atoms with van der Waals surface area (Å²) in [5, 5.41) is 12.0. The van der Waals surface area contributed by atoms with E-state index in [1.165, 1.54) is 12.8 Å². The lowest BCUT2D eigenvalue weighted by Gasteiger charge is -2.31. The van der Waals surface area contributed by atoms with E-state index < -0.39 is 0 Å². The molecule has 0 aromatic heterocycles. The first-order valence-corrected chi connectivity index (χ1v) is 4.37. The summed E-state index contributed by atoms with van der Waals surface area (Å²) in [5.74, 6) is 0. The zero-order chi connectivity index (χ0) is 8.10. The number of aliphatic hydroxyl groups is 1. The molecule has 1 saturated heterocycles. The molecule has 3 heteroatoms. The van der Waals surface area contributed by atoms with E-state index in [0.29, 0.717) is 6.04 Å². The monoisotopic (exact) mass is 158 g/mol. The van der Waals surface area contributed by atoms with Crippen molar-refractivity contribution in [2.45, 2.75) is 18.9 Å². The van der Waals surface area contributed by atoms with Gasteiger partial charge in [0.2, 0.25) is 0 Å². The van der Waals surface area contributed by atoms with Gasteiger partial charge >= 0.3 is 0 Å². The average molecular weight is 158 g/mol. The van der Waals surface area contributed by atoms with Crippen LogP contribution >= 0.6 is 0 Å². The molecule has 0 bridgehead atoms. The Balaban J connectivity index is 2.21. The lowest BCUT2D eigenvalue weighted by molar-refractivity contribution is 0.154. The van der Waals surface area contributed by atoms with Gasteiger partial charge in [-0.15, -0.1) is 0 Å². The molecule has 0 saturated carbocycles. The average Bonchev–Trinajstić information content (AvgIpc) is 2.06. The van der Waals surface area contributed by atoms with E-state index in [9.17, 15) is 0 Å². The standard InChI is InChI=1S/C8H18N2O/c1-9-8-3-2-4-10(7-8)5-6-11/h8-9,11H,2-7H2,1H3. The Morgan fingerprint density at radius 3 is 3.09 bits per heavy atom.